The number of fused-ring (bicyclic) bond motifs is 3. The maximum atomic E-state index is 14.2. The molecule has 5 atom stereocenters. The van der Waals surface area contributed by atoms with Crippen molar-refractivity contribution >= 4 is 26.3 Å². The summed E-state index contributed by atoms with van der Waals surface area (Å²) in [4.78, 5) is 0. The Morgan fingerprint density at radius 3 is 2.09 bits per heavy atom. The summed E-state index contributed by atoms with van der Waals surface area (Å²) in [5, 5.41) is -6.97. The van der Waals surface area contributed by atoms with Gasteiger partial charge in [-0.2, -0.15) is 34.4 Å². The number of rotatable bonds is 5. The van der Waals surface area contributed by atoms with E-state index in [0.29, 0.717) is 18.4 Å². The van der Waals surface area contributed by atoms with Crippen molar-refractivity contribution in [2.45, 2.75) is 55.0 Å². The Hall–Kier alpha value is -1.64. The monoisotopic (exact) mass is 550 g/mol. The quantitative estimate of drug-likeness (QED) is 0.384. The lowest BCUT2D eigenvalue weighted by molar-refractivity contribution is -0.202. The zero-order valence-electron chi connectivity index (χ0n) is 18.3. The van der Waals surface area contributed by atoms with E-state index in [9.17, 15) is 43.2 Å². The van der Waals surface area contributed by atoms with Crippen LogP contribution in [-0.2, 0) is 26.2 Å². The zero-order chi connectivity index (χ0) is 26.6. The molecule has 6 nitrogen and oxygen atoms in total. The van der Waals surface area contributed by atoms with Crippen molar-refractivity contribution in [2.24, 2.45) is 23.7 Å². The standard InChI is InChI=1S/C12H12F2O3S.C9H12F4O3S/c1-8(18(15,16)17)10-7-6-9-4-2-3-5-11(9)12(10,13)14;10-8(11,9(12,13)17(14,15)16)7-4-5-1-2-6(7)3-5/h2-8,10H,1H3,(H,15,16,17);5-7H,1-4H2,(H,14,15,16). The van der Waals surface area contributed by atoms with Crippen LogP contribution in [0.2, 0.25) is 0 Å². The topological polar surface area (TPSA) is 109 Å². The molecule has 3 aliphatic rings. The molecule has 3 aliphatic carbocycles. The molecule has 0 aliphatic heterocycles. The number of benzene rings is 1. The first-order valence-electron chi connectivity index (χ1n) is 10.7. The molecule has 2 bridgehead atoms. The third-order valence-corrected chi connectivity index (χ3v) is 9.27. The van der Waals surface area contributed by atoms with E-state index < -0.39 is 60.3 Å². The van der Waals surface area contributed by atoms with Crippen molar-refractivity contribution in [3.05, 3.63) is 41.5 Å². The van der Waals surface area contributed by atoms with Crippen LogP contribution in [0.25, 0.3) is 6.08 Å². The highest BCUT2D eigenvalue weighted by molar-refractivity contribution is 7.87. The van der Waals surface area contributed by atoms with Crippen LogP contribution in [0.3, 0.4) is 0 Å². The zero-order valence-corrected chi connectivity index (χ0v) is 19.9. The number of alkyl halides is 6. The number of allylic oxidation sites excluding steroid dienone is 1. The van der Waals surface area contributed by atoms with E-state index in [1.807, 2.05) is 0 Å². The molecule has 0 aromatic heterocycles. The highest BCUT2D eigenvalue weighted by Gasteiger charge is 2.71. The summed E-state index contributed by atoms with van der Waals surface area (Å²) in [6.07, 6.45) is 4.10. The van der Waals surface area contributed by atoms with Crippen molar-refractivity contribution in [3.63, 3.8) is 0 Å². The van der Waals surface area contributed by atoms with Crippen LogP contribution < -0.4 is 0 Å². The summed E-state index contributed by atoms with van der Waals surface area (Å²) < 4.78 is 142. The van der Waals surface area contributed by atoms with Gasteiger partial charge in [-0.1, -0.05) is 42.8 Å². The molecular formula is C21H24F6O6S2. The van der Waals surface area contributed by atoms with E-state index in [2.05, 4.69) is 0 Å². The molecule has 35 heavy (non-hydrogen) atoms. The van der Waals surface area contributed by atoms with E-state index >= 15 is 0 Å². The van der Waals surface area contributed by atoms with E-state index in [4.69, 9.17) is 9.11 Å². The Morgan fingerprint density at radius 1 is 1.00 bits per heavy atom. The van der Waals surface area contributed by atoms with Crippen molar-refractivity contribution in [1.29, 1.82) is 0 Å². The highest BCUT2D eigenvalue weighted by atomic mass is 32.2. The first kappa shape index (κ1) is 27.9. The van der Waals surface area contributed by atoms with E-state index in [-0.39, 0.29) is 17.9 Å². The maximum absolute atomic E-state index is 14.2. The van der Waals surface area contributed by atoms with Crippen molar-refractivity contribution in [2.75, 3.05) is 0 Å². The van der Waals surface area contributed by atoms with Gasteiger partial charge in [0.15, 0.2) is 0 Å². The lowest BCUT2D eigenvalue weighted by atomic mass is 9.84. The molecule has 1 aromatic carbocycles. The molecule has 0 spiro atoms. The molecule has 0 amide bonds. The first-order chi connectivity index (χ1) is 15.8. The number of halogens is 6. The summed E-state index contributed by atoms with van der Waals surface area (Å²) in [7, 11) is -10.6. The van der Waals surface area contributed by atoms with Gasteiger partial charge in [0.1, 0.15) is 0 Å². The summed E-state index contributed by atoms with van der Waals surface area (Å²) in [6.45, 7) is 1.08. The Labute approximate surface area is 198 Å². The van der Waals surface area contributed by atoms with Crippen LogP contribution in [0.4, 0.5) is 26.3 Å². The average molecular weight is 551 g/mol. The molecule has 2 fully saturated rings. The molecule has 2 saturated carbocycles. The van der Waals surface area contributed by atoms with Crippen LogP contribution in [-0.4, -0.2) is 42.4 Å². The molecule has 0 heterocycles. The normalized spacial score (nSPS) is 28.7. The largest absolute Gasteiger partial charge is 0.431 e. The van der Waals surface area contributed by atoms with Gasteiger partial charge in [0.2, 0.25) is 0 Å². The maximum Gasteiger partial charge on any atom is 0.431 e. The molecule has 4 rings (SSSR count). The summed E-state index contributed by atoms with van der Waals surface area (Å²) in [5.74, 6) is -11.8. The van der Waals surface area contributed by atoms with Crippen LogP contribution in [0.5, 0.6) is 0 Å². The average Bonchev–Trinajstić information content (AvgIpc) is 3.36. The van der Waals surface area contributed by atoms with Gasteiger partial charge in [-0.25, -0.2) is 8.78 Å². The molecule has 198 valence electrons. The Morgan fingerprint density at radius 2 is 1.60 bits per heavy atom. The summed E-state index contributed by atoms with van der Waals surface area (Å²) >= 11 is 0. The van der Waals surface area contributed by atoms with Gasteiger partial charge in [-0.05, 0) is 43.6 Å². The van der Waals surface area contributed by atoms with Crippen LogP contribution in [0.15, 0.2) is 30.3 Å². The Balaban J connectivity index is 0.000000196. The second-order valence-corrected chi connectivity index (χ2v) is 12.4. The smallest absolute Gasteiger partial charge is 0.285 e. The lowest BCUT2D eigenvalue weighted by Crippen LogP contribution is -2.52. The van der Waals surface area contributed by atoms with Gasteiger partial charge in [0.05, 0.1) is 11.2 Å². The van der Waals surface area contributed by atoms with E-state index in [1.165, 1.54) is 24.3 Å². The third kappa shape index (κ3) is 4.98. The highest BCUT2D eigenvalue weighted by Crippen LogP contribution is 2.58. The van der Waals surface area contributed by atoms with Crippen molar-refractivity contribution in [1.82, 2.24) is 0 Å². The van der Waals surface area contributed by atoms with E-state index in [1.54, 1.807) is 6.07 Å². The fraction of sp³-hybridized carbons (Fsp3) is 0.619. The van der Waals surface area contributed by atoms with Gasteiger partial charge < -0.3 is 0 Å². The molecule has 2 N–H and O–H groups in total. The van der Waals surface area contributed by atoms with Gasteiger partial charge in [-0.3, -0.25) is 9.11 Å². The van der Waals surface area contributed by atoms with Gasteiger partial charge >= 0.3 is 21.3 Å². The SMILES string of the molecule is CC(C1C=Cc2ccccc2C1(F)F)S(=O)(=O)O.O=S(=O)(O)C(F)(F)C(F)(F)C1CC2CCC1C2. The number of hydrogen-bond acceptors (Lipinski definition) is 4. The van der Waals surface area contributed by atoms with E-state index in [0.717, 1.165) is 19.4 Å². The third-order valence-electron chi connectivity index (χ3n) is 7.11. The number of hydrogen-bond donors (Lipinski definition) is 2. The summed E-state index contributed by atoms with van der Waals surface area (Å²) in [6, 6.07) is 5.91. The van der Waals surface area contributed by atoms with Crippen LogP contribution in [0, 0.1) is 23.7 Å². The minimum atomic E-state index is -6.10. The predicted octanol–water partition coefficient (Wildman–Crippen LogP) is 5.24. The van der Waals surface area contributed by atoms with Crippen molar-refractivity contribution < 1.29 is 52.3 Å². The van der Waals surface area contributed by atoms with Crippen LogP contribution in [0.1, 0.15) is 43.7 Å². The molecule has 0 saturated heterocycles. The molecule has 14 heteroatoms. The Kier molecular flexibility index (Phi) is 7.21. The van der Waals surface area contributed by atoms with Gasteiger partial charge in [0, 0.05) is 11.5 Å². The second-order valence-electron chi connectivity index (χ2n) is 9.21. The minimum Gasteiger partial charge on any atom is -0.285 e. The fourth-order valence-electron chi connectivity index (χ4n) is 5.17. The van der Waals surface area contributed by atoms with Gasteiger partial charge in [0.25, 0.3) is 16.0 Å². The summed E-state index contributed by atoms with van der Waals surface area (Å²) in [5.41, 5.74) is 0.147. The first-order valence-corrected chi connectivity index (χ1v) is 13.6. The Bertz CT molecular complexity index is 1200. The lowest BCUT2D eigenvalue weighted by Gasteiger charge is -2.33. The molecule has 0 radical (unpaired) electrons. The fourth-order valence-corrected chi connectivity index (χ4v) is 6.29. The van der Waals surface area contributed by atoms with Crippen molar-refractivity contribution in [3.8, 4) is 0 Å². The molecule has 1 aromatic rings. The molecule has 5 unspecified atom stereocenters. The predicted molar refractivity (Wildman–Crippen MR) is 114 cm³/mol. The second kappa shape index (κ2) is 9.03. The molecular weight excluding hydrogens is 526 g/mol. The minimum absolute atomic E-state index is 0.0203. The van der Waals surface area contributed by atoms with Gasteiger partial charge in [-0.15, -0.1) is 0 Å². The van der Waals surface area contributed by atoms with Crippen LogP contribution >= 0.6 is 0 Å².